The SMILES string of the molecule is CCc1ccccc1NC(=O)CN1C(=O)N/C(=C/c2ccc(O[C@H](C)CC)c(Br)c2)C1=O. The lowest BCUT2D eigenvalue weighted by Gasteiger charge is -2.14. The summed E-state index contributed by atoms with van der Waals surface area (Å²) in [4.78, 5) is 38.4. The lowest BCUT2D eigenvalue weighted by Crippen LogP contribution is -2.38. The van der Waals surface area contributed by atoms with Crippen LogP contribution in [0.1, 0.15) is 38.3 Å². The molecule has 0 radical (unpaired) electrons. The van der Waals surface area contributed by atoms with Crippen LogP contribution in [-0.4, -0.2) is 35.4 Å². The molecule has 0 aliphatic carbocycles. The average molecular weight is 500 g/mol. The molecule has 0 saturated carbocycles. The van der Waals surface area contributed by atoms with Crippen LogP contribution in [0.15, 0.2) is 52.6 Å². The van der Waals surface area contributed by atoms with Gasteiger partial charge in [-0.25, -0.2) is 9.69 Å². The van der Waals surface area contributed by atoms with E-state index in [0.29, 0.717) is 17.0 Å². The predicted octanol–water partition coefficient (Wildman–Crippen LogP) is 4.72. The molecule has 2 N–H and O–H groups in total. The van der Waals surface area contributed by atoms with Crippen molar-refractivity contribution in [3.8, 4) is 5.75 Å². The second kappa shape index (κ2) is 10.5. The topological polar surface area (TPSA) is 87.7 Å². The highest BCUT2D eigenvalue weighted by atomic mass is 79.9. The van der Waals surface area contributed by atoms with Crippen molar-refractivity contribution in [3.63, 3.8) is 0 Å². The fraction of sp³-hybridized carbons (Fsp3) is 0.292. The van der Waals surface area contributed by atoms with Crippen LogP contribution in [0, 0.1) is 0 Å². The number of imide groups is 1. The standard InChI is InChI=1S/C24H26BrN3O4/c1-4-15(3)32-21-11-10-16(12-18(21)25)13-20-23(30)28(24(31)27-20)14-22(29)26-19-9-7-6-8-17(19)5-2/h6-13,15H,4-5,14H2,1-3H3,(H,26,29)(H,27,31)/b20-13+/t15-/m1/s1. The van der Waals surface area contributed by atoms with Gasteiger partial charge in [0.15, 0.2) is 0 Å². The molecule has 4 amide bonds. The third-order valence-electron chi connectivity index (χ3n) is 5.11. The number of anilines is 1. The zero-order chi connectivity index (χ0) is 23.3. The highest BCUT2D eigenvalue weighted by Crippen LogP contribution is 2.28. The number of amides is 4. The van der Waals surface area contributed by atoms with Crippen LogP contribution in [0.5, 0.6) is 5.75 Å². The molecule has 1 atom stereocenters. The second-order valence-corrected chi connectivity index (χ2v) is 8.32. The van der Waals surface area contributed by atoms with Crippen molar-refractivity contribution >= 4 is 45.5 Å². The molecule has 2 aromatic rings. The van der Waals surface area contributed by atoms with Crippen molar-refractivity contribution in [3.05, 3.63) is 63.8 Å². The molecule has 7 nitrogen and oxygen atoms in total. The lowest BCUT2D eigenvalue weighted by molar-refractivity contribution is -0.127. The van der Waals surface area contributed by atoms with Crippen LogP contribution in [-0.2, 0) is 16.0 Å². The van der Waals surface area contributed by atoms with Crippen LogP contribution in [0.2, 0.25) is 0 Å². The number of rotatable bonds is 8. The Morgan fingerprint density at radius 2 is 1.97 bits per heavy atom. The first-order valence-corrected chi connectivity index (χ1v) is 11.3. The number of halogens is 1. The van der Waals surface area contributed by atoms with Gasteiger partial charge in [-0.3, -0.25) is 9.59 Å². The molecule has 1 aliphatic rings. The van der Waals surface area contributed by atoms with E-state index in [0.717, 1.165) is 27.8 Å². The van der Waals surface area contributed by atoms with E-state index in [2.05, 4.69) is 26.6 Å². The van der Waals surface area contributed by atoms with Gasteiger partial charge in [0, 0.05) is 5.69 Å². The minimum absolute atomic E-state index is 0.0789. The van der Waals surface area contributed by atoms with E-state index in [1.807, 2.05) is 39.0 Å². The highest BCUT2D eigenvalue weighted by molar-refractivity contribution is 9.10. The van der Waals surface area contributed by atoms with Crippen LogP contribution >= 0.6 is 15.9 Å². The number of carbonyl (C=O) groups excluding carboxylic acids is 3. The normalized spacial score (nSPS) is 15.6. The van der Waals surface area contributed by atoms with Crippen LogP contribution < -0.4 is 15.4 Å². The van der Waals surface area contributed by atoms with Gasteiger partial charge in [-0.2, -0.15) is 0 Å². The Balaban J connectivity index is 1.69. The van der Waals surface area contributed by atoms with Gasteiger partial charge >= 0.3 is 6.03 Å². The number of carbonyl (C=O) groups is 3. The number of urea groups is 1. The predicted molar refractivity (Wildman–Crippen MR) is 127 cm³/mol. The van der Waals surface area contributed by atoms with Gasteiger partial charge in [-0.1, -0.05) is 38.1 Å². The summed E-state index contributed by atoms with van der Waals surface area (Å²) in [6.07, 6.45) is 3.28. The second-order valence-electron chi connectivity index (χ2n) is 7.46. The van der Waals surface area contributed by atoms with Gasteiger partial charge in [0.2, 0.25) is 5.91 Å². The molecular weight excluding hydrogens is 474 g/mol. The quantitative estimate of drug-likeness (QED) is 0.406. The lowest BCUT2D eigenvalue weighted by atomic mass is 10.1. The largest absolute Gasteiger partial charge is 0.490 e. The van der Waals surface area contributed by atoms with Crippen molar-refractivity contribution < 1.29 is 19.1 Å². The molecule has 0 bridgehead atoms. The van der Waals surface area contributed by atoms with Crippen LogP contribution in [0.25, 0.3) is 6.08 Å². The zero-order valence-corrected chi connectivity index (χ0v) is 19.9. The molecular formula is C24H26BrN3O4. The summed E-state index contributed by atoms with van der Waals surface area (Å²) >= 11 is 3.48. The Bertz CT molecular complexity index is 1070. The fourth-order valence-corrected chi connectivity index (χ4v) is 3.66. The first-order chi connectivity index (χ1) is 15.3. The summed E-state index contributed by atoms with van der Waals surface area (Å²) in [6.45, 7) is 5.65. The number of nitrogens with one attached hydrogen (secondary N) is 2. The first kappa shape index (κ1) is 23.5. The summed E-state index contributed by atoms with van der Waals surface area (Å²) < 4.78 is 6.57. The van der Waals surface area contributed by atoms with E-state index in [9.17, 15) is 14.4 Å². The van der Waals surface area contributed by atoms with E-state index >= 15 is 0 Å². The molecule has 1 aliphatic heterocycles. The maximum absolute atomic E-state index is 12.7. The monoisotopic (exact) mass is 499 g/mol. The molecule has 1 heterocycles. The minimum Gasteiger partial charge on any atom is -0.490 e. The third-order valence-corrected chi connectivity index (χ3v) is 5.73. The molecule has 1 saturated heterocycles. The zero-order valence-electron chi connectivity index (χ0n) is 18.3. The minimum atomic E-state index is -0.629. The molecule has 0 aromatic heterocycles. The van der Waals surface area contributed by atoms with Gasteiger partial charge in [0.1, 0.15) is 18.0 Å². The Morgan fingerprint density at radius 1 is 1.22 bits per heavy atom. The Labute approximate surface area is 195 Å². The van der Waals surface area contributed by atoms with Gasteiger partial charge < -0.3 is 15.4 Å². The summed E-state index contributed by atoms with van der Waals surface area (Å²) in [7, 11) is 0. The summed E-state index contributed by atoms with van der Waals surface area (Å²) in [5, 5.41) is 5.32. The van der Waals surface area contributed by atoms with E-state index in [4.69, 9.17) is 4.74 Å². The first-order valence-electron chi connectivity index (χ1n) is 10.5. The van der Waals surface area contributed by atoms with Crippen molar-refractivity contribution in [2.45, 2.75) is 39.7 Å². The molecule has 3 rings (SSSR count). The van der Waals surface area contributed by atoms with Gasteiger partial charge in [-0.05, 0) is 71.1 Å². The van der Waals surface area contributed by atoms with Gasteiger partial charge in [0.25, 0.3) is 5.91 Å². The molecule has 168 valence electrons. The number of hydrogen-bond acceptors (Lipinski definition) is 4. The van der Waals surface area contributed by atoms with Crippen molar-refractivity contribution in [1.29, 1.82) is 0 Å². The average Bonchev–Trinajstić information content (AvgIpc) is 3.03. The number of ether oxygens (including phenoxy) is 1. The molecule has 8 heteroatoms. The van der Waals surface area contributed by atoms with E-state index in [1.54, 1.807) is 30.3 Å². The molecule has 2 aromatic carbocycles. The summed E-state index contributed by atoms with van der Waals surface area (Å²) in [5.74, 6) is -0.288. The molecule has 0 unspecified atom stereocenters. The van der Waals surface area contributed by atoms with Crippen molar-refractivity contribution in [1.82, 2.24) is 10.2 Å². The van der Waals surface area contributed by atoms with Crippen molar-refractivity contribution in [2.24, 2.45) is 0 Å². The molecule has 1 fully saturated rings. The Hall–Kier alpha value is -3.13. The fourth-order valence-electron chi connectivity index (χ4n) is 3.17. The Kier molecular flexibility index (Phi) is 7.69. The third kappa shape index (κ3) is 5.56. The van der Waals surface area contributed by atoms with Gasteiger partial charge in [-0.15, -0.1) is 0 Å². The number of benzene rings is 2. The number of aryl methyl sites for hydroxylation is 1. The Morgan fingerprint density at radius 3 is 2.66 bits per heavy atom. The molecule has 32 heavy (non-hydrogen) atoms. The maximum Gasteiger partial charge on any atom is 0.329 e. The van der Waals surface area contributed by atoms with Crippen LogP contribution in [0.4, 0.5) is 10.5 Å². The number of hydrogen-bond donors (Lipinski definition) is 2. The number of para-hydroxylation sites is 1. The van der Waals surface area contributed by atoms with E-state index < -0.39 is 17.8 Å². The maximum atomic E-state index is 12.7. The van der Waals surface area contributed by atoms with Gasteiger partial charge in [0.05, 0.1) is 10.6 Å². The summed E-state index contributed by atoms with van der Waals surface area (Å²) in [5.41, 5.74) is 2.47. The van der Waals surface area contributed by atoms with Crippen LogP contribution in [0.3, 0.4) is 0 Å². The summed E-state index contributed by atoms with van der Waals surface area (Å²) in [6, 6.07) is 12.2. The van der Waals surface area contributed by atoms with Crippen molar-refractivity contribution in [2.75, 3.05) is 11.9 Å². The smallest absolute Gasteiger partial charge is 0.329 e. The molecule has 0 spiro atoms. The number of nitrogens with zero attached hydrogens (tertiary/aromatic N) is 1. The van der Waals surface area contributed by atoms with E-state index in [-0.39, 0.29) is 18.3 Å². The highest BCUT2D eigenvalue weighted by Gasteiger charge is 2.35. The van der Waals surface area contributed by atoms with E-state index in [1.165, 1.54) is 0 Å².